The van der Waals surface area contributed by atoms with Gasteiger partial charge < -0.3 is 4.42 Å². The number of carbonyl (C=O) groups excluding carboxylic acids is 2. The van der Waals surface area contributed by atoms with Crippen LogP contribution in [-0.2, 0) is 4.79 Å². The Labute approximate surface area is 137 Å². The van der Waals surface area contributed by atoms with Crippen LogP contribution in [0.2, 0.25) is 5.02 Å². The van der Waals surface area contributed by atoms with Crippen molar-refractivity contribution in [1.82, 2.24) is 4.90 Å². The minimum absolute atomic E-state index is 0.00316. The minimum Gasteiger partial charge on any atom is -0.444 e. The predicted octanol–water partition coefficient (Wildman–Crippen LogP) is 3.51. The first-order valence-corrected chi connectivity index (χ1v) is 7.25. The lowest BCUT2D eigenvalue weighted by Crippen LogP contribution is -2.28. The Balaban J connectivity index is 1.95. The highest BCUT2D eigenvalue weighted by atomic mass is 79.9. The van der Waals surface area contributed by atoms with Crippen molar-refractivity contribution in [3.05, 3.63) is 45.5 Å². The van der Waals surface area contributed by atoms with Crippen LogP contribution in [0, 0.1) is 5.82 Å². The normalized spacial score (nSPS) is 14.0. The second-order valence-corrected chi connectivity index (χ2v) is 5.68. The molecule has 1 aliphatic rings. The Kier molecular flexibility index (Phi) is 3.84. The number of amides is 2. The molecule has 8 heteroatoms. The fourth-order valence-corrected chi connectivity index (χ4v) is 2.75. The van der Waals surface area contributed by atoms with E-state index in [1.54, 1.807) is 6.07 Å². The molecule has 1 aliphatic heterocycles. The maximum atomic E-state index is 13.4. The molecule has 0 saturated heterocycles. The predicted molar refractivity (Wildman–Crippen MR) is 81.3 cm³/mol. The zero-order valence-electron chi connectivity index (χ0n) is 10.8. The molecule has 2 amide bonds. The topological polar surface area (TPSA) is 62.9 Å². The van der Waals surface area contributed by atoms with Crippen molar-refractivity contribution in [1.29, 1.82) is 0 Å². The van der Waals surface area contributed by atoms with Crippen molar-refractivity contribution >= 4 is 45.7 Å². The zero-order valence-corrected chi connectivity index (χ0v) is 13.2. The molecule has 0 N–H and O–H groups in total. The van der Waals surface area contributed by atoms with E-state index >= 15 is 0 Å². The summed E-state index contributed by atoms with van der Waals surface area (Å²) in [5.41, 5.74) is 0.943. The Morgan fingerprint density at radius 2 is 2.14 bits per heavy atom. The van der Waals surface area contributed by atoms with E-state index in [0.29, 0.717) is 11.1 Å². The summed E-state index contributed by atoms with van der Waals surface area (Å²) < 4.78 is 19.0. The summed E-state index contributed by atoms with van der Waals surface area (Å²) in [4.78, 5) is 27.9. The number of aliphatic imine (C=N–C) groups is 1. The molecule has 2 heterocycles. The van der Waals surface area contributed by atoms with Gasteiger partial charge in [0.2, 0.25) is 0 Å². The van der Waals surface area contributed by atoms with Gasteiger partial charge in [-0.15, -0.1) is 0 Å². The highest BCUT2D eigenvalue weighted by Crippen LogP contribution is 2.34. The molecule has 0 atom stereocenters. The van der Waals surface area contributed by atoms with Crippen LogP contribution in [0.1, 0.15) is 10.6 Å². The van der Waals surface area contributed by atoms with Crippen LogP contribution in [0.15, 0.2) is 38.3 Å². The molecule has 0 bridgehead atoms. The van der Waals surface area contributed by atoms with Crippen LogP contribution >= 0.6 is 27.5 Å². The van der Waals surface area contributed by atoms with Crippen molar-refractivity contribution in [3.8, 4) is 11.1 Å². The standard InChI is InChI=1S/C14H7BrClFN2O3/c15-13-10(7-1-8(16)3-9(17)2-7)4-11(22-13)14(21)19-5-12(20)18-6-19/h1-4,6H,5H2. The van der Waals surface area contributed by atoms with Gasteiger partial charge in [-0.25, -0.2) is 9.38 Å². The SMILES string of the molecule is O=C1CN(C(=O)c2cc(-c3cc(F)cc(Cl)c3)c(Br)o2)C=N1. The van der Waals surface area contributed by atoms with Crippen LogP contribution in [0.4, 0.5) is 4.39 Å². The fourth-order valence-electron chi connectivity index (χ4n) is 2.01. The third kappa shape index (κ3) is 2.82. The number of benzene rings is 1. The van der Waals surface area contributed by atoms with Gasteiger partial charge in [0, 0.05) is 10.6 Å². The molecular formula is C14H7BrClFN2O3. The van der Waals surface area contributed by atoms with E-state index in [2.05, 4.69) is 20.9 Å². The number of carbonyl (C=O) groups is 2. The lowest BCUT2D eigenvalue weighted by atomic mass is 10.1. The first-order chi connectivity index (χ1) is 10.4. The van der Waals surface area contributed by atoms with E-state index in [4.69, 9.17) is 16.0 Å². The molecule has 5 nitrogen and oxygen atoms in total. The third-order valence-corrected chi connectivity index (χ3v) is 3.79. The third-order valence-electron chi connectivity index (χ3n) is 2.98. The molecule has 0 unspecified atom stereocenters. The monoisotopic (exact) mass is 384 g/mol. The summed E-state index contributed by atoms with van der Waals surface area (Å²) in [6, 6.07) is 5.46. The van der Waals surface area contributed by atoms with Crippen LogP contribution in [-0.4, -0.2) is 29.6 Å². The zero-order chi connectivity index (χ0) is 15.9. The first-order valence-electron chi connectivity index (χ1n) is 6.08. The summed E-state index contributed by atoms with van der Waals surface area (Å²) in [5, 5.41) is 0.230. The van der Waals surface area contributed by atoms with E-state index < -0.39 is 17.6 Å². The molecule has 0 fully saturated rings. The van der Waals surface area contributed by atoms with Gasteiger partial charge >= 0.3 is 0 Å². The summed E-state index contributed by atoms with van der Waals surface area (Å²) >= 11 is 9.01. The molecule has 1 aromatic carbocycles. The highest BCUT2D eigenvalue weighted by Gasteiger charge is 2.25. The van der Waals surface area contributed by atoms with Crippen molar-refractivity contribution < 1.29 is 18.4 Å². The summed E-state index contributed by atoms with van der Waals surface area (Å²) in [7, 11) is 0. The largest absolute Gasteiger partial charge is 0.444 e. The van der Waals surface area contributed by atoms with Gasteiger partial charge in [-0.3, -0.25) is 14.5 Å². The average molecular weight is 386 g/mol. The molecule has 0 radical (unpaired) electrons. The minimum atomic E-state index is -0.510. The van der Waals surface area contributed by atoms with Gasteiger partial charge in [0.15, 0.2) is 10.4 Å². The van der Waals surface area contributed by atoms with E-state index in [-0.39, 0.29) is 22.0 Å². The fraction of sp³-hybridized carbons (Fsp3) is 0.0714. The molecule has 0 spiro atoms. The van der Waals surface area contributed by atoms with Gasteiger partial charge in [0.1, 0.15) is 18.7 Å². The molecule has 3 rings (SSSR count). The molecule has 22 heavy (non-hydrogen) atoms. The number of hydrogen-bond acceptors (Lipinski definition) is 3. The molecule has 2 aromatic rings. The Morgan fingerprint density at radius 3 is 2.77 bits per heavy atom. The van der Waals surface area contributed by atoms with Gasteiger partial charge in [-0.05, 0) is 45.8 Å². The summed E-state index contributed by atoms with van der Waals surface area (Å²) in [5.74, 6) is -1.41. The molecule has 0 saturated carbocycles. The van der Waals surface area contributed by atoms with Crippen molar-refractivity contribution in [2.75, 3.05) is 6.54 Å². The second-order valence-electron chi connectivity index (χ2n) is 4.53. The van der Waals surface area contributed by atoms with Crippen LogP contribution in [0.25, 0.3) is 11.1 Å². The van der Waals surface area contributed by atoms with Crippen molar-refractivity contribution in [2.45, 2.75) is 0 Å². The van der Waals surface area contributed by atoms with Gasteiger partial charge in [0.05, 0.1) is 0 Å². The molecular weight excluding hydrogens is 379 g/mol. The number of nitrogens with zero attached hydrogens (tertiary/aromatic N) is 2. The lowest BCUT2D eigenvalue weighted by Gasteiger charge is -2.07. The van der Waals surface area contributed by atoms with E-state index in [1.165, 1.54) is 18.2 Å². The second kappa shape index (κ2) is 5.66. The smallest absolute Gasteiger partial charge is 0.295 e. The van der Waals surface area contributed by atoms with Gasteiger partial charge in [-0.2, -0.15) is 0 Å². The molecule has 1 aromatic heterocycles. The lowest BCUT2D eigenvalue weighted by molar-refractivity contribution is -0.116. The Morgan fingerprint density at radius 1 is 1.36 bits per heavy atom. The van der Waals surface area contributed by atoms with Crippen molar-refractivity contribution in [2.24, 2.45) is 4.99 Å². The number of hydrogen-bond donors (Lipinski definition) is 0. The van der Waals surface area contributed by atoms with Gasteiger partial charge in [-0.1, -0.05) is 11.6 Å². The van der Waals surface area contributed by atoms with Gasteiger partial charge in [0.25, 0.3) is 11.8 Å². The summed E-state index contributed by atoms with van der Waals surface area (Å²) in [6.45, 7) is -0.127. The number of furan rings is 1. The van der Waals surface area contributed by atoms with E-state index in [9.17, 15) is 14.0 Å². The van der Waals surface area contributed by atoms with Crippen LogP contribution in [0.5, 0.6) is 0 Å². The Bertz CT molecular complexity index is 798. The van der Waals surface area contributed by atoms with E-state index in [1.807, 2.05) is 0 Å². The first kappa shape index (κ1) is 14.9. The average Bonchev–Trinajstić information content (AvgIpc) is 3.03. The molecule has 112 valence electrons. The van der Waals surface area contributed by atoms with Crippen LogP contribution < -0.4 is 0 Å². The van der Waals surface area contributed by atoms with Crippen LogP contribution in [0.3, 0.4) is 0 Å². The number of halogens is 3. The Hall–Kier alpha value is -1.99. The maximum Gasteiger partial charge on any atom is 0.295 e. The number of rotatable bonds is 2. The quantitative estimate of drug-likeness (QED) is 0.795. The maximum absolute atomic E-state index is 13.4. The molecule has 0 aliphatic carbocycles. The highest BCUT2D eigenvalue weighted by molar-refractivity contribution is 9.10. The summed E-state index contributed by atoms with van der Waals surface area (Å²) in [6.07, 6.45) is 1.15. The van der Waals surface area contributed by atoms with Crippen molar-refractivity contribution in [3.63, 3.8) is 0 Å². The van der Waals surface area contributed by atoms with E-state index in [0.717, 1.165) is 11.2 Å².